The maximum atomic E-state index is 11.1. The summed E-state index contributed by atoms with van der Waals surface area (Å²) in [6.45, 7) is -0.557. The molecular weight excluding hydrogens is 272 g/mol. The summed E-state index contributed by atoms with van der Waals surface area (Å²) in [7, 11) is -5.50. The van der Waals surface area contributed by atoms with E-state index < -0.39 is 26.1 Å². The molecule has 0 radical (unpaired) electrons. The molecule has 0 aliphatic rings. The van der Waals surface area contributed by atoms with Crippen LogP contribution in [0.5, 0.6) is 11.5 Å². The molecule has 19 heavy (non-hydrogen) atoms. The Morgan fingerprint density at radius 3 is 2.89 bits per heavy atom. The van der Waals surface area contributed by atoms with Gasteiger partial charge in [-0.3, -0.25) is 4.79 Å². The molecular formula is C12H19ClN2O4. The molecule has 0 aliphatic heterocycles. The van der Waals surface area contributed by atoms with E-state index in [-0.39, 0.29) is 42.6 Å². The van der Waals surface area contributed by atoms with Gasteiger partial charge in [0.2, 0.25) is 5.91 Å². The van der Waals surface area contributed by atoms with Crippen LogP contribution in [-0.2, 0) is 4.79 Å². The standard InChI is InChI=1S/C12H18N2O4.ClH/c1-17-8-3-4-11(18-2)9(5-8)10(15)7-14-12(16)6-13;/h3-5,10,15H,6-7,13H2,1-2H3,(H,14,16);1H/i1D3,2D3;. The van der Waals surface area contributed by atoms with E-state index in [4.69, 9.17) is 23.4 Å². The number of aliphatic hydroxyl groups is 1. The molecule has 1 rings (SSSR count). The minimum absolute atomic E-state index is 0. The van der Waals surface area contributed by atoms with Crippen molar-refractivity contribution in [3.05, 3.63) is 23.8 Å². The summed E-state index contributed by atoms with van der Waals surface area (Å²) >= 11 is 0. The third-order valence-corrected chi connectivity index (χ3v) is 2.25. The van der Waals surface area contributed by atoms with Gasteiger partial charge in [0.25, 0.3) is 0 Å². The molecule has 0 bridgehead atoms. The first-order valence-corrected chi connectivity index (χ1v) is 5.08. The number of hydrogen-bond acceptors (Lipinski definition) is 5. The second kappa shape index (κ2) is 8.58. The van der Waals surface area contributed by atoms with Gasteiger partial charge >= 0.3 is 0 Å². The molecule has 0 fully saturated rings. The van der Waals surface area contributed by atoms with Crippen molar-refractivity contribution in [1.82, 2.24) is 5.32 Å². The quantitative estimate of drug-likeness (QED) is 0.699. The third-order valence-electron chi connectivity index (χ3n) is 2.25. The van der Waals surface area contributed by atoms with Gasteiger partial charge in [-0.25, -0.2) is 0 Å². The molecule has 1 amide bonds. The molecule has 0 aromatic heterocycles. The smallest absolute Gasteiger partial charge is 0.233 e. The fraction of sp³-hybridized carbons (Fsp3) is 0.417. The summed E-state index contributed by atoms with van der Waals surface area (Å²) in [6.07, 6.45) is -1.36. The van der Waals surface area contributed by atoms with Crippen LogP contribution in [0.2, 0.25) is 0 Å². The molecule has 1 aromatic rings. The average Bonchev–Trinajstić information content (AvgIpc) is 2.42. The minimum atomic E-state index is -2.78. The van der Waals surface area contributed by atoms with Crippen LogP contribution in [-0.4, -0.2) is 38.2 Å². The van der Waals surface area contributed by atoms with Crippen LogP contribution in [0.1, 0.15) is 19.9 Å². The van der Waals surface area contributed by atoms with Crippen LogP contribution in [0.15, 0.2) is 18.2 Å². The number of carbonyl (C=O) groups is 1. The molecule has 108 valence electrons. The van der Waals surface area contributed by atoms with E-state index in [9.17, 15) is 9.90 Å². The van der Waals surface area contributed by atoms with Crippen LogP contribution < -0.4 is 20.5 Å². The van der Waals surface area contributed by atoms with Crippen molar-refractivity contribution in [3.8, 4) is 11.5 Å². The number of aliphatic hydroxyl groups excluding tert-OH is 1. The zero-order valence-electron chi connectivity index (χ0n) is 15.9. The normalized spacial score (nSPS) is 17.2. The number of methoxy groups -OCH3 is 2. The molecule has 4 N–H and O–H groups in total. The van der Waals surface area contributed by atoms with Gasteiger partial charge in [0.15, 0.2) is 0 Å². The first-order chi connectivity index (χ1) is 10.9. The fourth-order valence-corrected chi connectivity index (χ4v) is 1.34. The zero-order chi connectivity index (χ0) is 18.5. The van der Waals surface area contributed by atoms with Gasteiger partial charge in [0.05, 0.1) is 34.9 Å². The van der Waals surface area contributed by atoms with Gasteiger partial charge in [-0.15, -0.1) is 12.4 Å². The van der Waals surface area contributed by atoms with E-state index >= 15 is 0 Å². The maximum Gasteiger partial charge on any atom is 0.233 e. The Bertz CT molecular complexity index is 582. The Hall–Kier alpha value is -1.50. The Morgan fingerprint density at radius 2 is 2.26 bits per heavy atom. The molecule has 1 atom stereocenters. The highest BCUT2D eigenvalue weighted by atomic mass is 35.5. The zero-order valence-corrected chi connectivity index (χ0v) is 10.7. The maximum absolute atomic E-state index is 11.1. The van der Waals surface area contributed by atoms with Crippen molar-refractivity contribution >= 4 is 18.3 Å². The summed E-state index contributed by atoms with van der Waals surface area (Å²) in [5, 5.41) is 12.5. The second-order valence-corrected chi connectivity index (χ2v) is 3.43. The summed E-state index contributed by atoms with van der Waals surface area (Å²) in [5.41, 5.74) is 5.08. The lowest BCUT2D eigenvalue weighted by Crippen LogP contribution is -2.33. The molecule has 0 heterocycles. The first-order valence-electron chi connectivity index (χ1n) is 8.08. The molecule has 0 saturated carbocycles. The lowest BCUT2D eigenvalue weighted by atomic mass is 10.1. The van der Waals surface area contributed by atoms with Crippen molar-refractivity contribution in [3.63, 3.8) is 0 Å². The highest BCUT2D eigenvalue weighted by Crippen LogP contribution is 2.28. The molecule has 6 nitrogen and oxygen atoms in total. The number of hydrogen-bond donors (Lipinski definition) is 3. The van der Waals surface area contributed by atoms with E-state index in [1.54, 1.807) is 0 Å². The number of carbonyl (C=O) groups excluding carboxylic acids is 1. The van der Waals surface area contributed by atoms with E-state index in [0.717, 1.165) is 12.1 Å². The van der Waals surface area contributed by atoms with E-state index in [1.807, 2.05) is 0 Å². The van der Waals surface area contributed by atoms with Crippen LogP contribution in [0, 0.1) is 0 Å². The largest absolute Gasteiger partial charge is 0.497 e. The Morgan fingerprint density at radius 1 is 1.53 bits per heavy atom. The number of ether oxygens (including phenoxy) is 2. The topological polar surface area (TPSA) is 93.8 Å². The van der Waals surface area contributed by atoms with Crippen molar-refractivity contribution < 1.29 is 27.6 Å². The molecule has 7 heteroatoms. The predicted octanol–water partition coefficient (Wildman–Crippen LogP) is 0.234. The predicted molar refractivity (Wildman–Crippen MR) is 73.8 cm³/mol. The monoisotopic (exact) mass is 296 g/mol. The molecule has 1 unspecified atom stereocenters. The minimum Gasteiger partial charge on any atom is -0.497 e. The number of halogens is 1. The van der Waals surface area contributed by atoms with Gasteiger partial charge < -0.3 is 25.6 Å². The van der Waals surface area contributed by atoms with Crippen molar-refractivity contribution in [1.29, 1.82) is 0 Å². The van der Waals surface area contributed by atoms with Gasteiger partial charge in [-0.05, 0) is 18.2 Å². The first kappa shape index (κ1) is 9.41. The highest BCUT2D eigenvalue weighted by Gasteiger charge is 2.15. The number of amides is 1. The van der Waals surface area contributed by atoms with E-state index in [1.165, 1.54) is 6.07 Å². The highest BCUT2D eigenvalue weighted by molar-refractivity contribution is 5.85. The molecule has 0 aliphatic carbocycles. The fourth-order valence-electron chi connectivity index (χ4n) is 1.34. The lowest BCUT2D eigenvalue weighted by molar-refractivity contribution is -0.120. The van der Waals surface area contributed by atoms with Crippen LogP contribution in [0.3, 0.4) is 0 Å². The van der Waals surface area contributed by atoms with Crippen LogP contribution >= 0.6 is 12.4 Å². The Balaban J connectivity index is 0.00000576. The third kappa shape index (κ3) is 4.94. The summed E-state index contributed by atoms with van der Waals surface area (Å²) in [5.74, 6) is -0.836. The van der Waals surface area contributed by atoms with Crippen molar-refractivity contribution in [2.24, 2.45) is 5.73 Å². The molecule has 0 saturated heterocycles. The number of nitrogens with one attached hydrogen (secondary N) is 1. The number of rotatable bonds is 6. The van der Waals surface area contributed by atoms with Crippen LogP contribution in [0.25, 0.3) is 0 Å². The summed E-state index contributed by atoms with van der Waals surface area (Å²) < 4.78 is 52.1. The number of benzene rings is 1. The summed E-state index contributed by atoms with van der Waals surface area (Å²) in [6, 6.07) is 3.49. The SMILES string of the molecule is Cl.[2H]C([2H])([2H])Oc1ccc(OC([2H])([2H])[2H])c(C(O)CNC(=O)CN)c1. The van der Waals surface area contributed by atoms with Gasteiger partial charge in [-0.1, -0.05) is 0 Å². The Labute approximate surface area is 126 Å². The van der Waals surface area contributed by atoms with Crippen LogP contribution in [0.4, 0.5) is 0 Å². The molecule has 0 spiro atoms. The van der Waals surface area contributed by atoms with E-state index in [0.29, 0.717) is 0 Å². The number of nitrogens with two attached hydrogens (primary N) is 1. The lowest BCUT2D eigenvalue weighted by Gasteiger charge is -2.16. The van der Waals surface area contributed by atoms with Gasteiger partial charge in [-0.2, -0.15) is 0 Å². The summed E-state index contributed by atoms with van der Waals surface area (Å²) in [4.78, 5) is 11.1. The van der Waals surface area contributed by atoms with E-state index in [2.05, 4.69) is 5.32 Å². The average molecular weight is 297 g/mol. The molecule has 1 aromatic carbocycles. The van der Waals surface area contributed by atoms with Crippen molar-refractivity contribution in [2.75, 3.05) is 27.2 Å². The second-order valence-electron chi connectivity index (χ2n) is 3.43. The Kier molecular flexibility index (Phi) is 4.25. The van der Waals surface area contributed by atoms with Gasteiger partial charge in [0.1, 0.15) is 11.5 Å². The van der Waals surface area contributed by atoms with Crippen molar-refractivity contribution in [2.45, 2.75) is 6.10 Å². The van der Waals surface area contributed by atoms with Gasteiger partial charge in [0, 0.05) is 12.1 Å².